The largest absolute Gasteiger partial charge is 0.378 e. The zero-order valence-corrected chi connectivity index (χ0v) is 18.5. The molecule has 1 N–H and O–H groups in total. The Kier molecular flexibility index (Phi) is 6.37. The fourth-order valence-electron chi connectivity index (χ4n) is 3.35. The molecule has 2 aromatic carbocycles. The van der Waals surface area contributed by atoms with Crippen molar-refractivity contribution in [2.75, 3.05) is 36.5 Å². The molecule has 3 aromatic rings. The van der Waals surface area contributed by atoms with Gasteiger partial charge in [-0.3, -0.25) is 14.9 Å². The molecule has 11 heteroatoms. The molecule has 0 saturated carbocycles. The van der Waals surface area contributed by atoms with Crippen LogP contribution in [0.3, 0.4) is 0 Å². The number of nitro benzene ring substituents is 1. The van der Waals surface area contributed by atoms with E-state index < -0.39 is 10.8 Å². The topological polar surface area (TPSA) is 115 Å². The SMILES string of the molecule is Cc1cc(N2CCOCC2)ccc1NC(=O)c1ccc(Sc2nncn2C)c([N+](=O)[O-])c1. The van der Waals surface area contributed by atoms with Crippen molar-refractivity contribution >= 4 is 34.7 Å². The summed E-state index contributed by atoms with van der Waals surface area (Å²) in [6.45, 7) is 4.96. The van der Waals surface area contributed by atoms with Crippen LogP contribution >= 0.6 is 11.8 Å². The number of aromatic nitrogens is 3. The smallest absolute Gasteiger partial charge is 0.284 e. The zero-order valence-electron chi connectivity index (χ0n) is 17.6. The van der Waals surface area contributed by atoms with Gasteiger partial charge >= 0.3 is 0 Å². The van der Waals surface area contributed by atoms with Gasteiger partial charge in [0.2, 0.25) is 0 Å². The van der Waals surface area contributed by atoms with E-state index in [4.69, 9.17) is 4.74 Å². The van der Waals surface area contributed by atoms with Crippen molar-refractivity contribution in [1.29, 1.82) is 0 Å². The number of carbonyl (C=O) groups is 1. The molecule has 1 fully saturated rings. The number of anilines is 2. The Bertz CT molecular complexity index is 1160. The number of aryl methyl sites for hydroxylation is 2. The maximum atomic E-state index is 12.8. The van der Waals surface area contributed by atoms with E-state index >= 15 is 0 Å². The summed E-state index contributed by atoms with van der Waals surface area (Å²) in [5.74, 6) is -0.412. The number of ether oxygens (including phenoxy) is 1. The van der Waals surface area contributed by atoms with Gasteiger partial charge in [-0.2, -0.15) is 0 Å². The maximum Gasteiger partial charge on any atom is 0.284 e. The number of morpholine rings is 1. The highest BCUT2D eigenvalue weighted by Gasteiger charge is 2.21. The molecule has 166 valence electrons. The molecule has 0 radical (unpaired) electrons. The number of benzene rings is 2. The van der Waals surface area contributed by atoms with Crippen LogP contribution < -0.4 is 10.2 Å². The van der Waals surface area contributed by atoms with Crippen LogP contribution in [-0.2, 0) is 11.8 Å². The third-order valence-electron chi connectivity index (χ3n) is 5.12. The predicted octanol–water partition coefficient (Wildman–Crippen LogP) is 3.27. The van der Waals surface area contributed by atoms with Crippen LogP contribution in [0.5, 0.6) is 0 Å². The van der Waals surface area contributed by atoms with Gasteiger partial charge in [0.25, 0.3) is 11.6 Å². The standard InChI is InChI=1S/C21H22N6O4S/c1-14-11-16(26-7-9-31-10-8-26)4-5-17(14)23-20(28)15-3-6-19(18(12-15)27(29)30)32-21-24-22-13-25(21)2/h3-6,11-13H,7-10H2,1-2H3,(H,23,28). The molecule has 2 heterocycles. The van der Waals surface area contributed by atoms with Crippen molar-refractivity contribution in [1.82, 2.24) is 14.8 Å². The van der Waals surface area contributed by atoms with Gasteiger partial charge in [-0.1, -0.05) is 0 Å². The van der Waals surface area contributed by atoms with Gasteiger partial charge in [0.05, 0.1) is 23.0 Å². The molecule has 1 aromatic heterocycles. The maximum absolute atomic E-state index is 12.8. The lowest BCUT2D eigenvalue weighted by Crippen LogP contribution is -2.36. The number of nitrogens with one attached hydrogen (secondary N) is 1. The molecule has 10 nitrogen and oxygen atoms in total. The van der Waals surface area contributed by atoms with Crippen LogP contribution in [0.1, 0.15) is 15.9 Å². The highest BCUT2D eigenvalue weighted by Crippen LogP contribution is 2.34. The Morgan fingerprint density at radius 1 is 1.22 bits per heavy atom. The first-order chi connectivity index (χ1) is 15.4. The lowest BCUT2D eigenvalue weighted by atomic mass is 10.1. The van der Waals surface area contributed by atoms with Crippen LogP contribution in [0.2, 0.25) is 0 Å². The number of carbonyl (C=O) groups excluding carboxylic acids is 1. The Morgan fingerprint density at radius 2 is 2.00 bits per heavy atom. The summed E-state index contributed by atoms with van der Waals surface area (Å²) in [7, 11) is 1.75. The number of hydrogen-bond donors (Lipinski definition) is 1. The minimum atomic E-state index is -0.502. The lowest BCUT2D eigenvalue weighted by molar-refractivity contribution is -0.387. The highest BCUT2D eigenvalue weighted by atomic mass is 32.2. The van der Waals surface area contributed by atoms with Gasteiger partial charge in [-0.15, -0.1) is 10.2 Å². The summed E-state index contributed by atoms with van der Waals surface area (Å²) in [4.78, 5) is 26.5. The van der Waals surface area contributed by atoms with E-state index in [0.29, 0.717) is 29.0 Å². The van der Waals surface area contributed by atoms with Crippen LogP contribution in [0.15, 0.2) is 52.8 Å². The van der Waals surface area contributed by atoms with Gasteiger partial charge < -0.3 is 19.5 Å². The number of nitro groups is 1. The highest BCUT2D eigenvalue weighted by molar-refractivity contribution is 7.99. The average Bonchev–Trinajstić information content (AvgIpc) is 3.20. The Labute approximate surface area is 188 Å². The van der Waals surface area contributed by atoms with Gasteiger partial charge in [0.15, 0.2) is 5.16 Å². The van der Waals surface area contributed by atoms with E-state index in [2.05, 4.69) is 20.4 Å². The molecule has 0 spiro atoms. The Hall–Kier alpha value is -3.44. The van der Waals surface area contributed by atoms with E-state index in [9.17, 15) is 14.9 Å². The van der Waals surface area contributed by atoms with Crippen molar-refractivity contribution in [3.63, 3.8) is 0 Å². The zero-order chi connectivity index (χ0) is 22.7. The summed E-state index contributed by atoms with van der Waals surface area (Å²) < 4.78 is 7.06. The minimum absolute atomic E-state index is 0.162. The molecule has 1 aliphatic rings. The number of amides is 1. The molecule has 32 heavy (non-hydrogen) atoms. The lowest BCUT2D eigenvalue weighted by Gasteiger charge is -2.29. The molecule has 0 bridgehead atoms. The van der Waals surface area contributed by atoms with E-state index in [1.165, 1.54) is 12.4 Å². The summed E-state index contributed by atoms with van der Waals surface area (Å²) in [6, 6.07) is 10.2. The van der Waals surface area contributed by atoms with E-state index in [0.717, 1.165) is 36.1 Å². The molecule has 0 aliphatic carbocycles. The summed E-state index contributed by atoms with van der Waals surface area (Å²) in [6.07, 6.45) is 1.52. The van der Waals surface area contributed by atoms with Crippen molar-refractivity contribution in [2.45, 2.75) is 17.0 Å². The molecular formula is C21H22N6O4S. The molecule has 1 amide bonds. The summed E-state index contributed by atoms with van der Waals surface area (Å²) in [5.41, 5.74) is 2.68. The van der Waals surface area contributed by atoms with E-state index in [-0.39, 0.29) is 11.3 Å². The second-order valence-electron chi connectivity index (χ2n) is 7.32. The first-order valence-electron chi connectivity index (χ1n) is 9.97. The number of hydrogen-bond acceptors (Lipinski definition) is 8. The quantitative estimate of drug-likeness (QED) is 0.446. The van der Waals surface area contributed by atoms with Gasteiger partial charge in [0, 0.05) is 43.1 Å². The third-order valence-corrected chi connectivity index (χ3v) is 6.24. The second-order valence-corrected chi connectivity index (χ2v) is 8.33. The van der Waals surface area contributed by atoms with Crippen molar-refractivity contribution in [3.05, 3.63) is 64.0 Å². The van der Waals surface area contributed by atoms with Crippen molar-refractivity contribution in [3.8, 4) is 0 Å². The van der Waals surface area contributed by atoms with Crippen molar-refractivity contribution in [2.24, 2.45) is 7.05 Å². The molecule has 0 atom stereocenters. The fraction of sp³-hybridized carbons (Fsp3) is 0.286. The predicted molar refractivity (Wildman–Crippen MR) is 120 cm³/mol. The third kappa shape index (κ3) is 4.73. The summed E-state index contributed by atoms with van der Waals surface area (Å²) in [5, 5.41) is 22.7. The number of rotatable bonds is 6. The van der Waals surface area contributed by atoms with Gasteiger partial charge in [0.1, 0.15) is 6.33 Å². The van der Waals surface area contributed by atoms with Crippen LogP contribution in [-0.4, -0.2) is 51.9 Å². The second kappa shape index (κ2) is 9.37. The normalized spacial score (nSPS) is 13.8. The Balaban J connectivity index is 1.52. The van der Waals surface area contributed by atoms with Crippen LogP contribution in [0, 0.1) is 17.0 Å². The average molecular weight is 455 g/mol. The number of nitrogens with zero attached hydrogens (tertiary/aromatic N) is 5. The minimum Gasteiger partial charge on any atom is -0.378 e. The molecule has 1 aliphatic heterocycles. The monoisotopic (exact) mass is 454 g/mol. The van der Waals surface area contributed by atoms with E-state index in [1.807, 2.05) is 25.1 Å². The Morgan fingerprint density at radius 3 is 2.66 bits per heavy atom. The first-order valence-corrected chi connectivity index (χ1v) is 10.8. The van der Waals surface area contributed by atoms with Gasteiger partial charge in [-0.25, -0.2) is 0 Å². The van der Waals surface area contributed by atoms with Crippen LogP contribution in [0.4, 0.5) is 17.1 Å². The molecular weight excluding hydrogens is 432 g/mol. The van der Waals surface area contributed by atoms with Crippen LogP contribution in [0.25, 0.3) is 0 Å². The van der Waals surface area contributed by atoms with Gasteiger partial charge in [-0.05, 0) is 54.6 Å². The fourth-order valence-corrected chi connectivity index (χ4v) is 4.20. The van der Waals surface area contributed by atoms with Crippen molar-refractivity contribution < 1.29 is 14.5 Å². The molecule has 0 unspecified atom stereocenters. The summed E-state index contributed by atoms with van der Waals surface area (Å²) >= 11 is 1.12. The molecule has 1 saturated heterocycles. The molecule has 4 rings (SSSR count). The van der Waals surface area contributed by atoms with E-state index in [1.54, 1.807) is 23.7 Å². The first kappa shape index (κ1) is 21.8.